The van der Waals surface area contributed by atoms with Gasteiger partial charge in [-0.1, -0.05) is 12.1 Å². The lowest BCUT2D eigenvalue weighted by Crippen LogP contribution is -2.27. The normalized spacial score (nSPS) is 23.0. The molecule has 0 radical (unpaired) electrons. The molecule has 0 aliphatic carbocycles. The topological polar surface area (TPSA) is 9.23 Å². The van der Waals surface area contributed by atoms with E-state index in [1.54, 1.807) is 12.1 Å². The van der Waals surface area contributed by atoms with Crippen molar-refractivity contribution in [2.45, 2.75) is 24.6 Å². The third-order valence-corrected chi connectivity index (χ3v) is 3.56. The molecule has 1 aromatic carbocycles. The monoisotopic (exact) mass is 242 g/mol. The quantitative estimate of drug-likeness (QED) is 0.739. The van der Waals surface area contributed by atoms with Crippen LogP contribution in [0.3, 0.4) is 0 Å². The summed E-state index contributed by atoms with van der Waals surface area (Å²) in [6.07, 6.45) is 3.02. The van der Waals surface area contributed by atoms with Crippen LogP contribution in [-0.4, -0.2) is 18.6 Å². The van der Waals surface area contributed by atoms with Gasteiger partial charge in [-0.25, -0.2) is 4.39 Å². The van der Waals surface area contributed by atoms with Gasteiger partial charge in [-0.2, -0.15) is 0 Å². The lowest BCUT2D eigenvalue weighted by Gasteiger charge is -2.26. The Kier molecular flexibility index (Phi) is 4.19. The second-order valence-corrected chi connectivity index (χ2v) is 4.88. The summed E-state index contributed by atoms with van der Waals surface area (Å²) in [6.45, 7) is 1.62. The second-order valence-electron chi connectivity index (χ2n) is 4.32. The van der Waals surface area contributed by atoms with Crippen LogP contribution >= 0.6 is 11.6 Å². The Morgan fingerprint density at radius 3 is 2.75 bits per heavy atom. The van der Waals surface area contributed by atoms with Gasteiger partial charge in [0.25, 0.3) is 0 Å². The fraction of sp³-hybridized carbons (Fsp3) is 0.538. The van der Waals surface area contributed by atoms with Gasteiger partial charge in [0.15, 0.2) is 0 Å². The highest BCUT2D eigenvalue weighted by atomic mass is 35.5. The maximum atomic E-state index is 12.7. The number of alkyl halides is 1. The minimum Gasteiger partial charge on any atom is -0.381 e. The van der Waals surface area contributed by atoms with Gasteiger partial charge in [0.05, 0.1) is 6.61 Å². The van der Waals surface area contributed by atoms with Gasteiger partial charge in [-0.15, -0.1) is 11.6 Å². The number of halogens is 2. The van der Waals surface area contributed by atoms with Crippen LogP contribution in [0, 0.1) is 11.7 Å². The number of ether oxygens (including phenoxy) is 1. The highest BCUT2D eigenvalue weighted by Gasteiger charge is 2.22. The SMILES string of the molecule is Fc1ccc(CC(Cl)C2CCCOC2)cc1. The van der Waals surface area contributed by atoms with Crippen molar-refractivity contribution in [2.24, 2.45) is 5.92 Å². The summed E-state index contributed by atoms with van der Waals surface area (Å²) in [4.78, 5) is 0. The van der Waals surface area contributed by atoms with Crippen LogP contribution in [0.2, 0.25) is 0 Å². The molecule has 1 aliphatic rings. The Labute approximate surface area is 101 Å². The third kappa shape index (κ3) is 3.19. The first kappa shape index (κ1) is 11.9. The van der Waals surface area contributed by atoms with Gasteiger partial charge in [0.2, 0.25) is 0 Å². The smallest absolute Gasteiger partial charge is 0.123 e. The van der Waals surface area contributed by atoms with E-state index >= 15 is 0 Å². The van der Waals surface area contributed by atoms with E-state index in [1.807, 2.05) is 0 Å². The summed E-state index contributed by atoms with van der Waals surface area (Å²) >= 11 is 6.36. The molecule has 3 heteroatoms. The van der Waals surface area contributed by atoms with Crippen LogP contribution in [-0.2, 0) is 11.2 Å². The van der Waals surface area contributed by atoms with Crippen molar-refractivity contribution in [1.82, 2.24) is 0 Å². The average Bonchev–Trinajstić information content (AvgIpc) is 2.33. The first-order chi connectivity index (χ1) is 7.75. The standard InChI is InChI=1S/C13H16ClFO/c14-13(11-2-1-7-16-9-11)8-10-3-5-12(15)6-4-10/h3-6,11,13H,1-2,7-9H2. The van der Waals surface area contributed by atoms with Crippen molar-refractivity contribution in [3.8, 4) is 0 Å². The number of benzene rings is 1. The maximum absolute atomic E-state index is 12.7. The zero-order chi connectivity index (χ0) is 11.4. The Morgan fingerprint density at radius 2 is 2.12 bits per heavy atom. The summed E-state index contributed by atoms with van der Waals surface area (Å²) < 4.78 is 18.1. The van der Waals surface area contributed by atoms with E-state index in [1.165, 1.54) is 12.1 Å². The van der Waals surface area contributed by atoms with Crippen LogP contribution in [0.5, 0.6) is 0 Å². The summed E-state index contributed by atoms with van der Waals surface area (Å²) in [5, 5.41) is 0.0887. The van der Waals surface area contributed by atoms with Gasteiger partial charge in [0, 0.05) is 12.0 Å². The zero-order valence-electron chi connectivity index (χ0n) is 9.16. The first-order valence-corrected chi connectivity index (χ1v) is 6.15. The van der Waals surface area contributed by atoms with Crippen molar-refractivity contribution >= 4 is 11.6 Å². The summed E-state index contributed by atoms with van der Waals surface area (Å²) in [6, 6.07) is 6.56. The van der Waals surface area contributed by atoms with Crippen LogP contribution in [0.15, 0.2) is 24.3 Å². The van der Waals surface area contributed by atoms with E-state index in [-0.39, 0.29) is 11.2 Å². The van der Waals surface area contributed by atoms with Crippen LogP contribution in [0.4, 0.5) is 4.39 Å². The van der Waals surface area contributed by atoms with Crippen molar-refractivity contribution in [3.63, 3.8) is 0 Å². The number of hydrogen-bond donors (Lipinski definition) is 0. The molecule has 2 rings (SSSR count). The molecule has 1 saturated heterocycles. The minimum absolute atomic E-state index is 0.0887. The zero-order valence-corrected chi connectivity index (χ0v) is 9.92. The fourth-order valence-corrected chi connectivity index (χ4v) is 2.44. The van der Waals surface area contributed by atoms with E-state index in [2.05, 4.69) is 0 Å². The molecule has 2 unspecified atom stereocenters. The predicted molar refractivity (Wildman–Crippen MR) is 63.3 cm³/mol. The molecule has 2 atom stereocenters. The molecular formula is C13H16ClFO. The highest BCUT2D eigenvalue weighted by Crippen LogP contribution is 2.24. The van der Waals surface area contributed by atoms with E-state index in [4.69, 9.17) is 16.3 Å². The molecule has 1 nitrogen and oxygen atoms in total. The Morgan fingerprint density at radius 1 is 1.38 bits per heavy atom. The number of hydrogen-bond acceptors (Lipinski definition) is 1. The highest BCUT2D eigenvalue weighted by molar-refractivity contribution is 6.20. The fourth-order valence-electron chi connectivity index (χ4n) is 2.06. The predicted octanol–water partition coefficient (Wildman–Crippen LogP) is 3.40. The molecular weight excluding hydrogens is 227 g/mol. The molecule has 16 heavy (non-hydrogen) atoms. The van der Waals surface area contributed by atoms with Crippen LogP contribution in [0.1, 0.15) is 18.4 Å². The molecule has 0 aromatic heterocycles. The molecule has 1 heterocycles. The Bertz CT molecular complexity index is 319. The van der Waals surface area contributed by atoms with Crippen molar-refractivity contribution in [1.29, 1.82) is 0 Å². The lowest BCUT2D eigenvalue weighted by atomic mass is 9.94. The molecule has 0 bridgehead atoms. The van der Waals surface area contributed by atoms with E-state index in [9.17, 15) is 4.39 Å². The van der Waals surface area contributed by atoms with Crippen molar-refractivity contribution in [3.05, 3.63) is 35.6 Å². The van der Waals surface area contributed by atoms with E-state index in [0.717, 1.165) is 38.0 Å². The van der Waals surface area contributed by atoms with E-state index < -0.39 is 0 Å². The van der Waals surface area contributed by atoms with Gasteiger partial charge >= 0.3 is 0 Å². The summed E-state index contributed by atoms with van der Waals surface area (Å²) in [5.41, 5.74) is 1.09. The summed E-state index contributed by atoms with van der Waals surface area (Å²) in [7, 11) is 0. The Balaban J connectivity index is 1.90. The van der Waals surface area contributed by atoms with Crippen LogP contribution in [0.25, 0.3) is 0 Å². The third-order valence-electron chi connectivity index (χ3n) is 3.05. The van der Waals surface area contributed by atoms with Gasteiger partial charge < -0.3 is 4.74 Å². The van der Waals surface area contributed by atoms with Gasteiger partial charge in [-0.05, 0) is 42.9 Å². The molecule has 0 amide bonds. The summed E-state index contributed by atoms with van der Waals surface area (Å²) in [5.74, 6) is 0.233. The Hall–Kier alpha value is -0.600. The molecule has 88 valence electrons. The maximum Gasteiger partial charge on any atom is 0.123 e. The molecule has 0 spiro atoms. The first-order valence-electron chi connectivity index (χ1n) is 5.72. The van der Waals surface area contributed by atoms with Crippen molar-refractivity contribution in [2.75, 3.05) is 13.2 Å². The second kappa shape index (κ2) is 5.65. The molecule has 1 aliphatic heterocycles. The number of rotatable bonds is 3. The van der Waals surface area contributed by atoms with Gasteiger partial charge in [-0.3, -0.25) is 0 Å². The molecule has 0 saturated carbocycles. The van der Waals surface area contributed by atoms with Crippen LogP contribution < -0.4 is 0 Å². The van der Waals surface area contributed by atoms with Gasteiger partial charge in [0.1, 0.15) is 5.82 Å². The largest absolute Gasteiger partial charge is 0.381 e. The lowest BCUT2D eigenvalue weighted by molar-refractivity contribution is 0.0533. The van der Waals surface area contributed by atoms with E-state index in [0.29, 0.717) is 5.92 Å². The molecule has 1 aromatic rings. The molecule has 1 fully saturated rings. The molecule has 0 N–H and O–H groups in total. The van der Waals surface area contributed by atoms with Crippen molar-refractivity contribution < 1.29 is 9.13 Å². The average molecular weight is 243 g/mol. The minimum atomic E-state index is -0.198.